The van der Waals surface area contributed by atoms with Crippen LogP contribution in [-0.4, -0.2) is 33.7 Å². The standard InChI is InChI=1S/C31H32N2O4S2/c1-4-37-29-17-11-10-16-28(29)33(39(35,36)26-20-18-25(38-3)19-21-26)22-30(34)32-31(24-13-6-5-7-14-24)27-15-9-8-12-23(27)2/h5-21,31H,4,22H2,1-3H3,(H,32,34)/t31-/m0/s1. The number of nitrogens with one attached hydrogen (secondary N) is 1. The van der Waals surface area contributed by atoms with Crippen molar-refractivity contribution in [3.63, 3.8) is 0 Å². The van der Waals surface area contributed by atoms with Gasteiger partial charge in [-0.15, -0.1) is 11.8 Å². The molecule has 1 atom stereocenters. The molecule has 1 N–H and O–H groups in total. The van der Waals surface area contributed by atoms with Crippen LogP contribution in [0.4, 0.5) is 5.69 Å². The number of thioether (sulfide) groups is 1. The number of hydrogen-bond donors (Lipinski definition) is 1. The summed E-state index contributed by atoms with van der Waals surface area (Å²) in [6.45, 7) is 3.75. The second-order valence-electron chi connectivity index (χ2n) is 8.86. The number of aryl methyl sites for hydroxylation is 1. The van der Waals surface area contributed by atoms with Crippen LogP contribution < -0.4 is 14.4 Å². The minimum Gasteiger partial charge on any atom is -0.492 e. The highest BCUT2D eigenvalue weighted by atomic mass is 32.2. The van der Waals surface area contributed by atoms with Gasteiger partial charge >= 0.3 is 0 Å². The van der Waals surface area contributed by atoms with Crippen molar-refractivity contribution in [2.45, 2.75) is 29.7 Å². The van der Waals surface area contributed by atoms with Crippen LogP contribution in [0.15, 0.2) is 113 Å². The number of nitrogens with zero attached hydrogens (tertiary/aromatic N) is 1. The third-order valence-corrected chi connectivity index (χ3v) is 8.82. The Morgan fingerprint density at radius 1 is 0.897 bits per heavy atom. The van der Waals surface area contributed by atoms with E-state index < -0.39 is 28.5 Å². The van der Waals surface area contributed by atoms with Crippen molar-refractivity contribution < 1.29 is 17.9 Å². The average Bonchev–Trinajstić information content (AvgIpc) is 2.96. The maximum Gasteiger partial charge on any atom is 0.264 e. The first kappa shape index (κ1) is 28.3. The molecule has 0 saturated carbocycles. The Labute approximate surface area is 235 Å². The van der Waals surface area contributed by atoms with Gasteiger partial charge in [0.1, 0.15) is 12.3 Å². The molecule has 0 radical (unpaired) electrons. The Morgan fingerprint density at radius 2 is 1.54 bits per heavy atom. The predicted molar refractivity (Wildman–Crippen MR) is 158 cm³/mol. The molecule has 4 aromatic rings. The van der Waals surface area contributed by atoms with Crippen LogP contribution in [-0.2, 0) is 14.8 Å². The number of carbonyl (C=O) groups is 1. The number of rotatable bonds is 11. The smallest absolute Gasteiger partial charge is 0.264 e. The normalized spacial score (nSPS) is 12.0. The summed E-state index contributed by atoms with van der Waals surface area (Å²) < 4.78 is 34.9. The lowest BCUT2D eigenvalue weighted by Gasteiger charge is -2.28. The highest BCUT2D eigenvalue weighted by Crippen LogP contribution is 2.33. The van der Waals surface area contributed by atoms with Crippen molar-refractivity contribution in [2.24, 2.45) is 0 Å². The molecular formula is C31H32N2O4S2. The van der Waals surface area contributed by atoms with Crippen LogP contribution in [0.2, 0.25) is 0 Å². The summed E-state index contributed by atoms with van der Waals surface area (Å²) in [6, 6.07) is 30.5. The third kappa shape index (κ3) is 6.64. The van der Waals surface area contributed by atoms with Gasteiger partial charge in [-0.05, 0) is 73.2 Å². The number of benzene rings is 4. The molecule has 39 heavy (non-hydrogen) atoms. The van der Waals surface area contributed by atoms with Gasteiger partial charge in [0, 0.05) is 4.90 Å². The first-order valence-corrected chi connectivity index (χ1v) is 15.3. The van der Waals surface area contributed by atoms with Gasteiger partial charge in [-0.3, -0.25) is 9.10 Å². The van der Waals surface area contributed by atoms with Crippen LogP contribution in [0, 0.1) is 6.92 Å². The first-order chi connectivity index (χ1) is 18.8. The molecule has 0 saturated heterocycles. The van der Waals surface area contributed by atoms with Gasteiger partial charge in [-0.2, -0.15) is 0 Å². The van der Waals surface area contributed by atoms with E-state index in [4.69, 9.17) is 4.74 Å². The van der Waals surface area contributed by atoms with Crippen molar-refractivity contribution in [3.8, 4) is 5.75 Å². The van der Waals surface area contributed by atoms with Gasteiger partial charge in [-0.1, -0.05) is 66.7 Å². The van der Waals surface area contributed by atoms with E-state index in [1.54, 1.807) is 48.5 Å². The Kier molecular flexibility index (Phi) is 9.32. The Balaban J connectivity index is 1.73. The maximum absolute atomic E-state index is 14.0. The quantitative estimate of drug-likeness (QED) is 0.221. The molecule has 0 spiro atoms. The average molecular weight is 561 g/mol. The van der Waals surface area contributed by atoms with E-state index in [0.29, 0.717) is 18.0 Å². The summed E-state index contributed by atoms with van der Waals surface area (Å²) in [4.78, 5) is 14.7. The van der Waals surface area contributed by atoms with Crippen molar-refractivity contribution in [3.05, 3.63) is 120 Å². The summed E-state index contributed by atoms with van der Waals surface area (Å²) in [5, 5.41) is 3.09. The van der Waals surface area contributed by atoms with Crippen molar-refractivity contribution in [2.75, 3.05) is 23.7 Å². The van der Waals surface area contributed by atoms with Gasteiger partial charge in [0.15, 0.2) is 0 Å². The second-order valence-corrected chi connectivity index (χ2v) is 11.6. The number of hydrogen-bond acceptors (Lipinski definition) is 5. The molecular weight excluding hydrogens is 528 g/mol. The van der Waals surface area contributed by atoms with Gasteiger partial charge in [-0.25, -0.2) is 8.42 Å². The zero-order valence-corrected chi connectivity index (χ0v) is 23.8. The van der Waals surface area contributed by atoms with Gasteiger partial charge in [0.2, 0.25) is 5.91 Å². The highest BCUT2D eigenvalue weighted by molar-refractivity contribution is 7.98. The van der Waals surface area contributed by atoms with Gasteiger partial charge in [0.25, 0.3) is 10.0 Å². The minimum absolute atomic E-state index is 0.0953. The number of para-hydroxylation sites is 2. The SMILES string of the molecule is CCOc1ccccc1N(CC(=O)N[C@@H](c1ccccc1)c1ccccc1C)S(=O)(=O)c1ccc(SC)cc1. The zero-order valence-electron chi connectivity index (χ0n) is 22.2. The predicted octanol–water partition coefficient (Wildman–Crippen LogP) is 6.22. The molecule has 0 aliphatic carbocycles. The van der Waals surface area contributed by atoms with Crippen LogP contribution >= 0.6 is 11.8 Å². The van der Waals surface area contributed by atoms with Gasteiger partial charge in [0.05, 0.1) is 23.2 Å². The summed E-state index contributed by atoms with van der Waals surface area (Å²) in [7, 11) is -4.10. The molecule has 202 valence electrons. The van der Waals surface area contributed by atoms with E-state index in [1.165, 1.54) is 11.8 Å². The number of amides is 1. The lowest BCUT2D eigenvalue weighted by Crippen LogP contribution is -2.42. The zero-order chi connectivity index (χ0) is 27.8. The molecule has 0 aliphatic rings. The van der Waals surface area contributed by atoms with Crippen LogP contribution in [0.5, 0.6) is 5.75 Å². The Hall–Kier alpha value is -3.75. The van der Waals surface area contributed by atoms with E-state index in [-0.39, 0.29) is 4.90 Å². The topological polar surface area (TPSA) is 75.7 Å². The molecule has 0 aromatic heterocycles. The fourth-order valence-corrected chi connectivity index (χ4v) is 6.19. The van der Waals surface area contributed by atoms with Gasteiger partial charge < -0.3 is 10.1 Å². The summed E-state index contributed by atoms with van der Waals surface area (Å²) >= 11 is 1.52. The van der Waals surface area contributed by atoms with Crippen LogP contribution in [0.3, 0.4) is 0 Å². The lowest BCUT2D eigenvalue weighted by molar-refractivity contribution is -0.120. The fourth-order valence-electron chi connectivity index (χ4n) is 4.35. The van der Waals surface area contributed by atoms with E-state index in [0.717, 1.165) is 25.9 Å². The molecule has 0 aliphatic heterocycles. The number of anilines is 1. The number of ether oxygens (including phenoxy) is 1. The first-order valence-electron chi connectivity index (χ1n) is 12.6. The molecule has 6 nitrogen and oxygen atoms in total. The molecule has 0 unspecified atom stereocenters. The summed E-state index contributed by atoms with van der Waals surface area (Å²) in [5.74, 6) is -0.0571. The molecule has 0 bridgehead atoms. The highest BCUT2D eigenvalue weighted by Gasteiger charge is 2.30. The van der Waals surface area contributed by atoms with E-state index in [2.05, 4.69) is 5.32 Å². The largest absolute Gasteiger partial charge is 0.492 e. The van der Waals surface area contributed by atoms with Crippen molar-refractivity contribution in [1.29, 1.82) is 0 Å². The van der Waals surface area contributed by atoms with E-state index >= 15 is 0 Å². The molecule has 8 heteroatoms. The van der Waals surface area contributed by atoms with Crippen molar-refractivity contribution in [1.82, 2.24) is 5.32 Å². The molecule has 4 rings (SSSR count). The Morgan fingerprint density at radius 3 is 2.21 bits per heavy atom. The van der Waals surface area contributed by atoms with E-state index in [1.807, 2.05) is 74.7 Å². The second kappa shape index (κ2) is 12.9. The molecule has 1 amide bonds. The minimum atomic E-state index is -4.10. The Bertz CT molecular complexity index is 1510. The molecule has 0 heterocycles. The molecule has 0 fully saturated rings. The summed E-state index contributed by atoms with van der Waals surface area (Å²) in [5.41, 5.74) is 3.16. The fraction of sp³-hybridized carbons (Fsp3) is 0.194. The third-order valence-electron chi connectivity index (χ3n) is 6.31. The number of carbonyl (C=O) groups excluding carboxylic acids is 1. The molecule has 4 aromatic carbocycles. The van der Waals surface area contributed by atoms with Crippen LogP contribution in [0.1, 0.15) is 29.7 Å². The number of sulfonamides is 1. The summed E-state index contributed by atoms with van der Waals surface area (Å²) in [6.07, 6.45) is 1.93. The lowest BCUT2D eigenvalue weighted by atomic mass is 9.95. The maximum atomic E-state index is 14.0. The van der Waals surface area contributed by atoms with E-state index in [9.17, 15) is 13.2 Å². The monoisotopic (exact) mass is 560 g/mol. The van der Waals surface area contributed by atoms with Crippen molar-refractivity contribution >= 4 is 33.4 Å². The van der Waals surface area contributed by atoms with Crippen LogP contribution in [0.25, 0.3) is 0 Å².